The Bertz CT molecular complexity index is 719. The first-order valence-electron chi connectivity index (χ1n) is 12.4. The second-order valence-corrected chi connectivity index (χ2v) is 12.6. The largest absolute Gasteiger partial charge is 0.339 e. The highest BCUT2D eigenvalue weighted by Gasteiger charge is 2.34. The van der Waals surface area contributed by atoms with E-state index in [1.165, 1.54) is 64.2 Å². The zero-order valence-electron chi connectivity index (χ0n) is 20.1. The maximum atomic E-state index is 12.4. The minimum Gasteiger partial charge on any atom is -0.339 e. The molecule has 0 bridgehead atoms. The van der Waals surface area contributed by atoms with Crippen LogP contribution in [0.2, 0.25) is 0 Å². The highest BCUT2D eigenvalue weighted by atomic mass is 127. The Labute approximate surface area is 240 Å². The number of amides is 1. The topological polar surface area (TPSA) is 53.2 Å². The SMILES string of the molecule is CCCCCCCCCCCCCCCC(=O)N[C@@H](NC(=S)Nc1ccccc1I)C(Cl)(Cl)Cl. The average Bonchev–Trinajstić information content (AvgIpc) is 2.77. The second-order valence-electron chi connectivity index (χ2n) is 8.61. The van der Waals surface area contributed by atoms with Gasteiger partial charge in [0, 0.05) is 9.99 Å². The van der Waals surface area contributed by atoms with Crippen molar-refractivity contribution in [3.8, 4) is 0 Å². The summed E-state index contributed by atoms with van der Waals surface area (Å²) < 4.78 is -0.748. The normalized spacial score (nSPS) is 12.3. The van der Waals surface area contributed by atoms with Crippen molar-refractivity contribution in [3.05, 3.63) is 27.8 Å². The van der Waals surface area contributed by atoms with E-state index in [2.05, 4.69) is 45.5 Å². The van der Waals surface area contributed by atoms with Crippen LogP contribution in [-0.4, -0.2) is 21.0 Å². The second kappa shape index (κ2) is 19.1. The fourth-order valence-corrected chi connectivity index (χ4v) is 4.67. The summed E-state index contributed by atoms with van der Waals surface area (Å²) >= 11 is 25.8. The van der Waals surface area contributed by atoms with Gasteiger partial charge in [-0.3, -0.25) is 4.79 Å². The van der Waals surface area contributed by atoms with Crippen molar-refractivity contribution >= 4 is 86.3 Å². The molecule has 0 fully saturated rings. The van der Waals surface area contributed by atoms with Crippen LogP contribution in [0.25, 0.3) is 0 Å². The van der Waals surface area contributed by atoms with Crippen LogP contribution < -0.4 is 16.0 Å². The molecule has 4 nitrogen and oxygen atoms in total. The minimum atomic E-state index is -1.75. The minimum absolute atomic E-state index is 0.163. The molecule has 0 aliphatic rings. The summed E-state index contributed by atoms with van der Waals surface area (Å²) in [6.45, 7) is 2.26. The molecule has 1 atom stereocenters. The Balaban J connectivity index is 2.19. The number of unbranched alkanes of at least 4 members (excludes halogenated alkanes) is 12. The Morgan fingerprint density at radius 1 is 0.882 bits per heavy atom. The molecule has 9 heteroatoms. The van der Waals surface area contributed by atoms with Gasteiger partial charge >= 0.3 is 0 Å². The van der Waals surface area contributed by atoms with Crippen LogP contribution >= 0.6 is 69.6 Å². The smallest absolute Gasteiger partial charge is 0.228 e. The lowest BCUT2D eigenvalue weighted by Crippen LogP contribution is -2.56. The fourth-order valence-electron chi connectivity index (χ4n) is 3.59. The molecule has 194 valence electrons. The number of hydrogen-bond donors (Lipinski definition) is 3. The zero-order valence-corrected chi connectivity index (χ0v) is 25.4. The number of carbonyl (C=O) groups excluding carboxylic acids is 1. The Morgan fingerprint density at radius 3 is 1.88 bits per heavy atom. The van der Waals surface area contributed by atoms with Gasteiger partial charge in [0.15, 0.2) is 5.11 Å². The van der Waals surface area contributed by atoms with E-state index in [0.717, 1.165) is 28.5 Å². The van der Waals surface area contributed by atoms with E-state index in [0.29, 0.717) is 6.42 Å². The number of benzene rings is 1. The van der Waals surface area contributed by atoms with Crippen LogP contribution in [0.5, 0.6) is 0 Å². The van der Waals surface area contributed by atoms with Crippen molar-refractivity contribution in [2.45, 2.75) is 107 Å². The highest BCUT2D eigenvalue weighted by Crippen LogP contribution is 2.29. The summed E-state index contributed by atoms with van der Waals surface area (Å²) in [4.78, 5) is 12.4. The fraction of sp³-hybridized carbons (Fsp3) is 0.680. The van der Waals surface area contributed by atoms with Gasteiger partial charge in [0.2, 0.25) is 9.70 Å². The van der Waals surface area contributed by atoms with Crippen LogP contribution in [0.3, 0.4) is 0 Å². The third-order valence-electron chi connectivity index (χ3n) is 5.54. The third kappa shape index (κ3) is 15.9. The Kier molecular flexibility index (Phi) is 18.0. The number of anilines is 1. The summed E-state index contributed by atoms with van der Waals surface area (Å²) in [6.07, 6.45) is 15.9. The number of carbonyl (C=O) groups is 1. The molecule has 0 heterocycles. The van der Waals surface area contributed by atoms with Crippen LogP contribution in [0.15, 0.2) is 24.3 Å². The molecule has 1 aromatic rings. The lowest BCUT2D eigenvalue weighted by Gasteiger charge is -2.28. The first kappa shape index (κ1) is 32.0. The lowest BCUT2D eigenvalue weighted by molar-refractivity contribution is -0.122. The number of halogens is 4. The van der Waals surface area contributed by atoms with Crippen molar-refractivity contribution in [3.63, 3.8) is 0 Å². The zero-order chi connectivity index (χ0) is 25.2. The summed E-state index contributed by atoms with van der Waals surface area (Å²) in [5, 5.41) is 8.99. The summed E-state index contributed by atoms with van der Waals surface area (Å²) in [7, 11) is 0. The number of alkyl halides is 3. The van der Waals surface area contributed by atoms with Gasteiger partial charge in [-0.2, -0.15) is 0 Å². The number of rotatable bonds is 17. The molecule has 0 radical (unpaired) electrons. The maximum Gasteiger partial charge on any atom is 0.228 e. The van der Waals surface area contributed by atoms with E-state index in [9.17, 15) is 4.79 Å². The molecule has 0 aromatic heterocycles. The van der Waals surface area contributed by atoms with E-state index in [1.54, 1.807) is 0 Å². The van der Waals surface area contributed by atoms with E-state index >= 15 is 0 Å². The number of nitrogens with one attached hydrogen (secondary N) is 3. The van der Waals surface area contributed by atoms with Crippen LogP contribution in [-0.2, 0) is 4.79 Å². The van der Waals surface area contributed by atoms with Gasteiger partial charge < -0.3 is 16.0 Å². The van der Waals surface area contributed by atoms with Crippen molar-refractivity contribution in [1.29, 1.82) is 0 Å². The molecule has 0 spiro atoms. The van der Waals surface area contributed by atoms with E-state index < -0.39 is 9.96 Å². The maximum absolute atomic E-state index is 12.4. The van der Waals surface area contributed by atoms with Crippen molar-refractivity contribution in [2.75, 3.05) is 5.32 Å². The van der Waals surface area contributed by atoms with Gasteiger partial charge in [0.25, 0.3) is 0 Å². The number of hydrogen-bond acceptors (Lipinski definition) is 2. The molecule has 1 amide bonds. The quantitative estimate of drug-likeness (QED) is 0.0513. The first-order valence-corrected chi connectivity index (χ1v) is 15.0. The summed E-state index contributed by atoms with van der Waals surface area (Å²) in [5.41, 5.74) is 0.835. The van der Waals surface area contributed by atoms with Gasteiger partial charge in [0.05, 0.1) is 5.69 Å². The lowest BCUT2D eigenvalue weighted by atomic mass is 10.0. The van der Waals surface area contributed by atoms with E-state index in [1.807, 2.05) is 24.3 Å². The molecule has 0 saturated heterocycles. The molecule has 1 rings (SSSR count). The van der Waals surface area contributed by atoms with Gasteiger partial charge in [-0.1, -0.05) is 131 Å². The molecular weight excluding hydrogens is 624 g/mol. The molecule has 0 unspecified atom stereocenters. The van der Waals surface area contributed by atoms with Gasteiger partial charge in [-0.25, -0.2) is 0 Å². The third-order valence-corrected chi connectivity index (χ3v) is 7.35. The van der Waals surface area contributed by atoms with Crippen molar-refractivity contribution < 1.29 is 4.79 Å². The highest BCUT2D eigenvalue weighted by molar-refractivity contribution is 14.1. The number of thiocarbonyl (C=S) groups is 1. The molecule has 34 heavy (non-hydrogen) atoms. The Morgan fingerprint density at radius 2 is 1.38 bits per heavy atom. The van der Waals surface area contributed by atoms with Crippen molar-refractivity contribution in [1.82, 2.24) is 10.6 Å². The van der Waals surface area contributed by atoms with Crippen LogP contribution in [0.4, 0.5) is 5.69 Å². The molecule has 3 N–H and O–H groups in total. The average molecular weight is 663 g/mol. The molecule has 0 saturated carbocycles. The van der Waals surface area contributed by atoms with Gasteiger partial charge in [-0.15, -0.1) is 0 Å². The van der Waals surface area contributed by atoms with Gasteiger partial charge in [0.1, 0.15) is 6.17 Å². The monoisotopic (exact) mass is 661 g/mol. The van der Waals surface area contributed by atoms with Crippen molar-refractivity contribution in [2.24, 2.45) is 0 Å². The van der Waals surface area contributed by atoms with Crippen LogP contribution in [0, 0.1) is 3.57 Å². The predicted octanol–water partition coefficient (Wildman–Crippen LogP) is 8.87. The molecule has 0 aliphatic carbocycles. The van der Waals surface area contributed by atoms with Crippen LogP contribution in [0.1, 0.15) is 96.8 Å². The summed E-state index contributed by atoms with van der Waals surface area (Å²) in [6, 6.07) is 7.68. The molecular formula is C25H39Cl3IN3OS. The first-order chi connectivity index (χ1) is 16.2. The van der Waals surface area contributed by atoms with E-state index in [-0.39, 0.29) is 11.0 Å². The standard InChI is InChI=1S/C25H39Cl3IN3OS/c1-2-3-4-5-6-7-8-9-10-11-12-13-14-19-22(33)31-23(25(26,27)28)32-24(34)30-21-18-16-15-17-20(21)29/h15-18,23H,2-14,19H2,1H3,(H,31,33)(H2,30,32,34)/t23-/m0/s1. The van der Waals surface area contributed by atoms with E-state index in [4.69, 9.17) is 47.0 Å². The Hall–Kier alpha value is -0.0200. The predicted molar refractivity (Wildman–Crippen MR) is 161 cm³/mol. The van der Waals surface area contributed by atoms with Gasteiger partial charge in [-0.05, 0) is 53.4 Å². The number of para-hydroxylation sites is 1. The summed E-state index contributed by atoms with van der Waals surface area (Å²) in [5.74, 6) is -0.163. The molecule has 0 aliphatic heterocycles. The molecule has 1 aromatic carbocycles.